The molecule has 1 unspecified atom stereocenters. The minimum Gasteiger partial charge on any atom is -0.381 e. The molecular formula is C9H15FN4O. The zero-order chi connectivity index (χ0) is 11.4. The standard InChI is InChI=1S/C9H15FN4O/c1-5(15-3)4-7-12-6(2)8(10)9(13-7)14-11/h5H,4,11H2,1-3H3,(H,12,13,14). The number of aryl methyl sites for hydroxylation is 1. The van der Waals surface area contributed by atoms with Crippen molar-refractivity contribution in [3.8, 4) is 0 Å². The first-order valence-corrected chi connectivity index (χ1v) is 4.61. The molecule has 0 bridgehead atoms. The van der Waals surface area contributed by atoms with E-state index < -0.39 is 5.82 Å². The molecule has 0 aliphatic heterocycles. The Labute approximate surface area is 87.8 Å². The number of methoxy groups -OCH3 is 1. The Morgan fingerprint density at radius 1 is 1.53 bits per heavy atom. The first kappa shape index (κ1) is 11.8. The lowest BCUT2D eigenvalue weighted by Crippen LogP contribution is -2.17. The monoisotopic (exact) mass is 214 g/mol. The van der Waals surface area contributed by atoms with Crippen LogP contribution in [0.5, 0.6) is 0 Å². The van der Waals surface area contributed by atoms with E-state index in [-0.39, 0.29) is 17.6 Å². The number of halogens is 1. The molecule has 0 aliphatic rings. The van der Waals surface area contributed by atoms with Gasteiger partial charge in [-0.05, 0) is 13.8 Å². The first-order valence-electron chi connectivity index (χ1n) is 4.61. The van der Waals surface area contributed by atoms with Crippen LogP contribution in [0.15, 0.2) is 0 Å². The summed E-state index contributed by atoms with van der Waals surface area (Å²) in [6, 6.07) is 0. The Kier molecular flexibility index (Phi) is 3.93. The number of anilines is 1. The molecule has 1 aromatic rings. The summed E-state index contributed by atoms with van der Waals surface area (Å²) in [5.74, 6) is 5.14. The molecule has 1 aromatic heterocycles. The van der Waals surface area contributed by atoms with Crippen LogP contribution in [-0.2, 0) is 11.2 Å². The molecule has 0 saturated carbocycles. The zero-order valence-electron chi connectivity index (χ0n) is 9.04. The number of nitrogens with one attached hydrogen (secondary N) is 1. The van der Waals surface area contributed by atoms with Gasteiger partial charge in [-0.2, -0.15) is 0 Å². The van der Waals surface area contributed by atoms with E-state index in [4.69, 9.17) is 10.6 Å². The van der Waals surface area contributed by atoms with Crippen LogP contribution in [0.1, 0.15) is 18.4 Å². The second-order valence-electron chi connectivity index (χ2n) is 3.28. The summed E-state index contributed by atoms with van der Waals surface area (Å²) >= 11 is 0. The third-order valence-corrected chi connectivity index (χ3v) is 2.07. The fourth-order valence-electron chi connectivity index (χ4n) is 1.14. The summed E-state index contributed by atoms with van der Waals surface area (Å²) in [6.45, 7) is 3.45. The lowest BCUT2D eigenvalue weighted by Gasteiger charge is -2.10. The van der Waals surface area contributed by atoms with Crippen molar-refractivity contribution in [1.82, 2.24) is 9.97 Å². The average Bonchev–Trinajstić information content (AvgIpc) is 2.22. The van der Waals surface area contributed by atoms with Crippen molar-refractivity contribution in [1.29, 1.82) is 0 Å². The molecule has 84 valence electrons. The fourth-order valence-corrected chi connectivity index (χ4v) is 1.14. The lowest BCUT2D eigenvalue weighted by molar-refractivity contribution is 0.117. The third-order valence-electron chi connectivity index (χ3n) is 2.07. The van der Waals surface area contributed by atoms with Crippen LogP contribution in [0, 0.1) is 12.7 Å². The molecule has 6 heteroatoms. The first-order chi connectivity index (χ1) is 7.08. The van der Waals surface area contributed by atoms with Gasteiger partial charge in [-0.1, -0.05) is 0 Å². The highest BCUT2D eigenvalue weighted by Gasteiger charge is 2.12. The molecule has 0 fully saturated rings. The summed E-state index contributed by atoms with van der Waals surface area (Å²) < 4.78 is 18.4. The molecule has 15 heavy (non-hydrogen) atoms. The molecular weight excluding hydrogens is 199 g/mol. The number of hydrazine groups is 1. The van der Waals surface area contributed by atoms with Crippen LogP contribution >= 0.6 is 0 Å². The van der Waals surface area contributed by atoms with Gasteiger partial charge in [-0.15, -0.1) is 0 Å². The average molecular weight is 214 g/mol. The van der Waals surface area contributed by atoms with E-state index in [1.165, 1.54) is 0 Å². The minimum atomic E-state index is -0.522. The van der Waals surface area contributed by atoms with Gasteiger partial charge in [0.15, 0.2) is 11.6 Å². The number of nitrogen functional groups attached to an aromatic ring is 1. The Balaban J connectivity index is 2.95. The minimum absolute atomic E-state index is 0.0134. The molecule has 5 nitrogen and oxygen atoms in total. The van der Waals surface area contributed by atoms with Gasteiger partial charge in [0.05, 0.1) is 11.8 Å². The van der Waals surface area contributed by atoms with Crippen LogP contribution in [0.2, 0.25) is 0 Å². The van der Waals surface area contributed by atoms with Gasteiger partial charge in [0.25, 0.3) is 0 Å². The smallest absolute Gasteiger partial charge is 0.187 e. The maximum Gasteiger partial charge on any atom is 0.187 e. The van der Waals surface area contributed by atoms with Gasteiger partial charge in [0.1, 0.15) is 5.82 Å². The highest BCUT2D eigenvalue weighted by molar-refractivity contribution is 5.36. The Hall–Kier alpha value is -1.27. The Morgan fingerprint density at radius 2 is 2.20 bits per heavy atom. The summed E-state index contributed by atoms with van der Waals surface area (Å²) in [4.78, 5) is 7.94. The van der Waals surface area contributed by atoms with E-state index in [1.807, 2.05) is 6.92 Å². The predicted molar refractivity (Wildman–Crippen MR) is 54.7 cm³/mol. The van der Waals surface area contributed by atoms with E-state index in [2.05, 4.69) is 15.4 Å². The molecule has 0 spiro atoms. The topological polar surface area (TPSA) is 73.1 Å². The maximum absolute atomic E-state index is 13.3. The zero-order valence-corrected chi connectivity index (χ0v) is 9.04. The highest BCUT2D eigenvalue weighted by atomic mass is 19.1. The van der Waals surface area contributed by atoms with Crippen molar-refractivity contribution in [2.75, 3.05) is 12.5 Å². The van der Waals surface area contributed by atoms with Crippen molar-refractivity contribution in [2.24, 2.45) is 5.84 Å². The molecule has 3 N–H and O–H groups in total. The lowest BCUT2D eigenvalue weighted by atomic mass is 10.2. The molecule has 0 aromatic carbocycles. The van der Waals surface area contributed by atoms with E-state index >= 15 is 0 Å². The van der Waals surface area contributed by atoms with Crippen LogP contribution in [0.4, 0.5) is 10.2 Å². The summed E-state index contributed by atoms with van der Waals surface area (Å²) in [7, 11) is 1.60. The quantitative estimate of drug-likeness (QED) is 0.572. The predicted octanol–water partition coefficient (Wildman–Crippen LogP) is 0.787. The fraction of sp³-hybridized carbons (Fsp3) is 0.556. The van der Waals surface area contributed by atoms with Crippen molar-refractivity contribution in [3.63, 3.8) is 0 Å². The van der Waals surface area contributed by atoms with Gasteiger partial charge in [0.2, 0.25) is 0 Å². The van der Waals surface area contributed by atoms with Gasteiger partial charge in [-0.3, -0.25) is 0 Å². The van der Waals surface area contributed by atoms with Crippen molar-refractivity contribution < 1.29 is 9.13 Å². The van der Waals surface area contributed by atoms with Crippen LogP contribution < -0.4 is 11.3 Å². The van der Waals surface area contributed by atoms with E-state index in [0.717, 1.165) is 0 Å². The van der Waals surface area contributed by atoms with Crippen LogP contribution in [0.3, 0.4) is 0 Å². The van der Waals surface area contributed by atoms with E-state index in [0.29, 0.717) is 12.2 Å². The molecule has 1 heterocycles. The molecule has 0 aliphatic carbocycles. The largest absolute Gasteiger partial charge is 0.381 e. The van der Waals surface area contributed by atoms with Gasteiger partial charge >= 0.3 is 0 Å². The van der Waals surface area contributed by atoms with E-state index in [1.54, 1.807) is 14.0 Å². The number of aromatic nitrogens is 2. The number of nitrogens with zero attached hydrogens (tertiary/aromatic N) is 2. The van der Waals surface area contributed by atoms with Gasteiger partial charge < -0.3 is 10.2 Å². The highest BCUT2D eigenvalue weighted by Crippen LogP contribution is 2.13. The summed E-state index contributed by atoms with van der Waals surface area (Å²) in [5, 5.41) is 0. The number of hydrogen-bond acceptors (Lipinski definition) is 5. The summed E-state index contributed by atoms with van der Waals surface area (Å²) in [6.07, 6.45) is 0.507. The van der Waals surface area contributed by atoms with Crippen molar-refractivity contribution in [2.45, 2.75) is 26.4 Å². The van der Waals surface area contributed by atoms with Crippen LogP contribution in [-0.4, -0.2) is 23.2 Å². The second kappa shape index (κ2) is 4.99. The molecule has 1 rings (SSSR count). The normalized spacial score (nSPS) is 12.6. The van der Waals surface area contributed by atoms with Gasteiger partial charge in [-0.25, -0.2) is 20.2 Å². The Morgan fingerprint density at radius 3 is 2.73 bits per heavy atom. The molecule has 1 atom stereocenters. The summed E-state index contributed by atoms with van der Waals surface area (Å²) in [5.41, 5.74) is 2.48. The maximum atomic E-state index is 13.3. The van der Waals surface area contributed by atoms with Crippen LogP contribution in [0.25, 0.3) is 0 Å². The number of hydrogen-bond donors (Lipinski definition) is 2. The SMILES string of the molecule is COC(C)Cc1nc(C)c(F)c(NN)n1. The number of rotatable bonds is 4. The molecule has 0 amide bonds. The third kappa shape index (κ3) is 2.84. The van der Waals surface area contributed by atoms with Crippen molar-refractivity contribution in [3.05, 3.63) is 17.3 Å². The second-order valence-corrected chi connectivity index (χ2v) is 3.28. The molecule has 0 saturated heterocycles. The number of nitrogens with two attached hydrogens (primary N) is 1. The van der Waals surface area contributed by atoms with Gasteiger partial charge in [0, 0.05) is 13.5 Å². The molecule has 0 radical (unpaired) electrons. The van der Waals surface area contributed by atoms with E-state index in [9.17, 15) is 4.39 Å². The number of ether oxygens (including phenoxy) is 1. The Bertz CT molecular complexity index is 345. The van der Waals surface area contributed by atoms with Crippen molar-refractivity contribution >= 4 is 5.82 Å².